The Morgan fingerprint density at radius 2 is 1.59 bits per heavy atom. The molecule has 39 heavy (non-hydrogen) atoms. The number of carbonyl (C=O) groups is 4. The van der Waals surface area contributed by atoms with Gasteiger partial charge in [0.2, 0.25) is 27.7 Å². The van der Waals surface area contributed by atoms with Crippen molar-refractivity contribution in [2.24, 2.45) is 5.14 Å². The molecule has 1 saturated heterocycles. The Balaban J connectivity index is 1.56. The van der Waals surface area contributed by atoms with E-state index in [9.17, 15) is 27.6 Å². The molecule has 4 rings (SSSR count). The van der Waals surface area contributed by atoms with Crippen molar-refractivity contribution >= 4 is 45.0 Å². The van der Waals surface area contributed by atoms with E-state index in [1.807, 2.05) is 30.3 Å². The second-order valence-electron chi connectivity index (χ2n) is 9.20. The minimum Gasteiger partial charge on any atom is -0.329 e. The van der Waals surface area contributed by atoms with Crippen molar-refractivity contribution in [2.75, 3.05) is 16.8 Å². The molecule has 1 atom stereocenters. The quantitative estimate of drug-likeness (QED) is 0.392. The smallest absolute Gasteiger partial charge is 0.257 e. The molecule has 11 heteroatoms. The SMILES string of the molecule is CC(=O)Nc1ccc(N2C(=O)CC(N(CCc3ccc(S(N)(=O)=O)cc3)C(=O)Cc3ccccc3)C2=O)cc1. The van der Waals surface area contributed by atoms with Crippen LogP contribution in [0.4, 0.5) is 11.4 Å². The van der Waals surface area contributed by atoms with Crippen LogP contribution in [0.5, 0.6) is 0 Å². The normalized spacial score (nSPS) is 15.3. The highest BCUT2D eigenvalue weighted by Gasteiger charge is 2.44. The molecule has 0 aromatic heterocycles. The summed E-state index contributed by atoms with van der Waals surface area (Å²) in [5.41, 5.74) is 2.37. The molecule has 0 bridgehead atoms. The van der Waals surface area contributed by atoms with Crippen molar-refractivity contribution in [3.8, 4) is 0 Å². The molecule has 1 aliphatic heterocycles. The molecule has 0 spiro atoms. The molecule has 10 nitrogen and oxygen atoms in total. The summed E-state index contributed by atoms with van der Waals surface area (Å²) in [7, 11) is -3.84. The van der Waals surface area contributed by atoms with Gasteiger partial charge in [-0.3, -0.25) is 19.2 Å². The Morgan fingerprint density at radius 1 is 0.949 bits per heavy atom. The minimum atomic E-state index is -3.84. The van der Waals surface area contributed by atoms with Crippen LogP contribution in [0.25, 0.3) is 0 Å². The number of nitrogens with zero attached hydrogens (tertiary/aromatic N) is 2. The number of carbonyl (C=O) groups excluding carboxylic acids is 4. The standard InChI is InChI=1S/C28H28N4O6S/c1-19(33)30-22-9-11-23(12-10-22)32-27(35)18-25(28(32)36)31(26(34)17-21-5-3-2-4-6-21)16-15-20-7-13-24(14-8-20)39(29,37)38/h2-14,25H,15-18H2,1H3,(H,30,33)(H2,29,37,38). The van der Waals surface area contributed by atoms with Crippen molar-refractivity contribution in [1.82, 2.24) is 4.90 Å². The van der Waals surface area contributed by atoms with E-state index in [0.717, 1.165) is 16.0 Å². The van der Waals surface area contributed by atoms with Gasteiger partial charge in [0, 0.05) is 19.2 Å². The lowest BCUT2D eigenvalue weighted by Crippen LogP contribution is -2.47. The molecule has 3 N–H and O–H groups in total. The Labute approximate surface area is 226 Å². The van der Waals surface area contributed by atoms with Crippen LogP contribution in [0.2, 0.25) is 0 Å². The zero-order valence-corrected chi connectivity index (χ0v) is 22.1. The van der Waals surface area contributed by atoms with Gasteiger partial charge in [0.05, 0.1) is 23.4 Å². The highest BCUT2D eigenvalue weighted by molar-refractivity contribution is 7.89. The van der Waals surface area contributed by atoms with Gasteiger partial charge in [-0.2, -0.15) is 0 Å². The molecule has 3 aromatic carbocycles. The van der Waals surface area contributed by atoms with Gasteiger partial charge in [0.15, 0.2) is 0 Å². The van der Waals surface area contributed by atoms with Gasteiger partial charge >= 0.3 is 0 Å². The van der Waals surface area contributed by atoms with Crippen LogP contribution in [0.3, 0.4) is 0 Å². The van der Waals surface area contributed by atoms with Crippen molar-refractivity contribution in [3.05, 3.63) is 90.0 Å². The van der Waals surface area contributed by atoms with E-state index in [0.29, 0.717) is 17.8 Å². The molecule has 202 valence electrons. The van der Waals surface area contributed by atoms with Crippen LogP contribution < -0.4 is 15.4 Å². The molecule has 0 radical (unpaired) electrons. The van der Waals surface area contributed by atoms with E-state index < -0.39 is 27.9 Å². The van der Waals surface area contributed by atoms with Gasteiger partial charge in [0.25, 0.3) is 5.91 Å². The summed E-state index contributed by atoms with van der Waals surface area (Å²) in [6.07, 6.45) is 0.209. The van der Waals surface area contributed by atoms with Crippen LogP contribution in [0.15, 0.2) is 83.8 Å². The molecule has 1 fully saturated rings. The molecule has 3 aromatic rings. The van der Waals surface area contributed by atoms with Crippen LogP contribution >= 0.6 is 0 Å². The van der Waals surface area contributed by atoms with Crippen molar-refractivity contribution < 1.29 is 27.6 Å². The summed E-state index contributed by atoms with van der Waals surface area (Å²) >= 11 is 0. The van der Waals surface area contributed by atoms with Crippen molar-refractivity contribution in [3.63, 3.8) is 0 Å². The number of anilines is 2. The average Bonchev–Trinajstić information content (AvgIpc) is 3.18. The summed E-state index contributed by atoms with van der Waals surface area (Å²) < 4.78 is 23.1. The molecule has 0 saturated carbocycles. The fourth-order valence-electron chi connectivity index (χ4n) is 4.45. The molecule has 1 aliphatic rings. The number of nitrogens with one attached hydrogen (secondary N) is 1. The van der Waals surface area contributed by atoms with E-state index >= 15 is 0 Å². The molecular formula is C28H28N4O6S. The number of rotatable bonds is 9. The van der Waals surface area contributed by atoms with Crippen LogP contribution in [0, 0.1) is 0 Å². The fourth-order valence-corrected chi connectivity index (χ4v) is 4.96. The van der Waals surface area contributed by atoms with Crippen LogP contribution in [-0.4, -0.2) is 49.5 Å². The maximum atomic E-state index is 13.5. The number of benzene rings is 3. The van der Waals surface area contributed by atoms with E-state index in [4.69, 9.17) is 5.14 Å². The van der Waals surface area contributed by atoms with Gasteiger partial charge in [-0.25, -0.2) is 18.5 Å². The Hall–Kier alpha value is -4.35. The molecule has 4 amide bonds. The third-order valence-corrected chi connectivity index (χ3v) is 7.29. The third kappa shape index (κ3) is 6.75. The predicted molar refractivity (Wildman–Crippen MR) is 145 cm³/mol. The zero-order valence-electron chi connectivity index (χ0n) is 21.2. The maximum absolute atomic E-state index is 13.5. The number of hydrogen-bond donors (Lipinski definition) is 2. The number of amides is 4. The molecule has 0 aliphatic carbocycles. The first-order valence-corrected chi connectivity index (χ1v) is 13.8. The topological polar surface area (TPSA) is 147 Å². The van der Waals surface area contributed by atoms with Crippen LogP contribution in [-0.2, 0) is 42.0 Å². The predicted octanol–water partition coefficient (Wildman–Crippen LogP) is 2.24. The van der Waals surface area contributed by atoms with Gasteiger partial charge in [-0.15, -0.1) is 0 Å². The van der Waals surface area contributed by atoms with Crippen LogP contribution in [0.1, 0.15) is 24.5 Å². The summed E-state index contributed by atoms with van der Waals surface area (Å²) in [5.74, 6) is -1.51. The van der Waals surface area contributed by atoms with Gasteiger partial charge in [0.1, 0.15) is 6.04 Å². The Kier molecular flexibility index (Phi) is 8.22. The second kappa shape index (κ2) is 11.6. The van der Waals surface area contributed by atoms with Crippen molar-refractivity contribution in [1.29, 1.82) is 0 Å². The fraction of sp³-hybridized carbons (Fsp3) is 0.214. The highest BCUT2D eigenvalue weighted by Crippen LogP contribution is 2.28. The largest absolute Gasteiger partial charge is 0.329 e. The van der Waals surface area contributed by atoms with Gasteiger partial charge in [-0.05, 0) is 53.9 Å². The number of primary sulfonamides is 1. The first-order chi connectivity index (χ1) is 18.5. The third-order valence-electron chi connectivity index (χ3n) is 6.36. The van der Waals surface area contributed by atoms with E-state index in [1.165, 1.54) is 24.0 Å². The molecular weight excluding hydrogens is 520 g/mol. The maximum Gasteiger partial charge on any atom is 0.257 e. The summed E-state index contributed by atoms with van der Waals surface area (Å²) in [6, 6.07) is 20.4. The summed E-state index contributed by atoms with van der Waals surface area (Å²) in [5, 5.41) is 7.80. The number of nitrogens with two attached hydrogens (primary N) is 1. The van der Waals surface area contributed by atoms with E-state index in [-0.39, 0.29) is 36.1 Å². The number of sulfonamides is 1. The first-order valence-electron chi connectivity index (χ1n) is 12.2. The minimum absolute atomic E-state index is 0.0278. The van der Waals surface area contributed by atoms with Crippen molar-refractivity contribution in [2.45, 2.75) is 37.1 Å². The van der Waals surface area contributed by atoms with E-state index in [2.05, 4.69) is 5.32 Å². The second-order valence-corrected chi connectivity index (χ2v) is 10.8. The van der Waals surface area contributed by atoms with Gasteiger partial charge < -0.3 is 10.2 Å². The Bertz CT molecular complexity index is 1490. The first kappa shape index (κ1) is 27.7. The average molecular weight is 549 g/mol. The Morgan fingerprint density at radius 3 is 2.18 bits per heavy atom. The molecule has 1 unspecified atom stereocenters. The highest BCUT2D eigenvalue weighted by atomic mass is 32.2. The monoisotopic (exact) mass is 548 g/mol. The number of imide groups is 1. The molecule has 1 heterocycles. The number of hydrogen-bond acceptors (Lipinski definition) is 6. The summed E-state index contributed by atoms with van der Waals surface area (Å²) in [4.78, 5) is 53.7. The van der Waals surface area contributed by atoms with E-state index in [1.54, 1.807) is 36.4 Å². The van der Waals surface area contributed by atoms with Gasteiger partial charge in [-0.1, -0.05) is 42.5 Å². The zero-order chi connectivity index (χ0) is 28.2. The summed E-state index contributed by atoms with van der Waals surface area (Å²) in [6.45, 7) is 1.51. The lowest BCUT2D eigenvalue weighted by atomic mass is 10.1. The lowest BCUT2D eigenvalue weighted by Gasteiger charge is -2.28. The lowest BCUT2D eigenvalue weighted by molar-refractivity contribution is -0.137.